The van der Waals surface area contributed by atoms with E-state index in [1.165, 1.54) is 12.1 Å². The van der Waals surface area contributed by atoms with Gasteiger partial charge in [-0.1, -0.05) is 12.1 Å². The highest BCUT2D eigenvalue weighted by molar-refractivity contribution is 6.17. The lowest BCUT2D eigenvalue weighted by molar-refractivity contribution is 0.628. The first-order valence-electron chi connectivity index (χ1n) is 5.35. The van der Waals surface area contributed by atoms with E-state index in [0.717, 1.165) is 17.0 Å². The monoisotopic (exact) mass is 250 g/mol. The molecule has 0 aliphatic carbocycles. The van der Waals surface area contributed by atoms with E-state index in [4.69, 9.17) is 11.6 Å². The van der Waals surface area contributed by atoms with Crippen LogP contribution in [0, 0.1) is 12.7 Å². The number of alkyl halides is 1. The third kappa shape index (κ3) is 3.01. The standard InChI is InChI=1S/C13H12ClFN2/c1-9-7-12(17-13(16-9)5-6-14)10-3-2-4-11(15)8-10/h2-4,7-8H,5-6H2,1H3. The average Bonchev–Trinajstić information content (AvgIpc) is 2.28. The minimum atomic E-state index is -0.266. The molecule has 0 aliphatic heterocycles. The van der Waals surface area contributed by atoms with E-state index in [-0.39, 0.29) is 5.82 Å². The number of halogens is 2. The summed E-state index contributed by atoms with van der Waals surface area (Å²) in [5.41, 5.74) is 2.35. The lowest BCUT2D eigenvalue weighted by Crippen LogP contribution is -2.00. The van der Waals surface area contributed by atoms with Crippen molar-refractivity contribution < 1.29 is 4.39 Å². The lowest BCUT2D eigenvalue weighted by Gasteiger charge is -2.05. The van der Waals surface area contributed by atoms with Gasteiger partial charge in [0.25, 0.3) is 0 Å². The molecule has 88 valence electrons. The molecule has 0 unspecified atom stereocenters. The Kier molecular flexibility index (Phi) is 3.69. The molecule has 17 heavy (non-hydrogen) atoms. The fourth-order valence-corrected chi connectivity index (χ4v) is 1.79. The van der Waals surface area contributed by atoms with Crippen LogP contribution in [0.15, 0.2) is 30.3 Å². The molecule has 0 saturated heterocycles. The molecule has 0 radical (unpaired) electrons. The molecule has 2 aromatic rings. The fourth-order valence-electron chi connectivity index (χ4n) is 1.62. The maximum Gasteiger partial charge on any atom is 0.130 e. The van der Waals surface area contributed by atoms with Crippen LogP contribution in [0.3, 0.4) is 0 Å². The molecule has 1 aromatic carbocycles. The number of hydrogen-bond donors (Lipinski definition) is 0. The van der Waals surface area contributed by atoms with Gasteiger partial charge >= 0.3 is 0 Å². The first-order chi connectivity index (χ1) is 8.19. The van der Waals surface area contributed by atoms with Gasteiger partial charge < -0.3 is 0 Å². The van der Waals surface area contributed by atoms with Crippen molar-refractivity contribution >= 4 is 11.6 Å². The maximum atomic E-state index is 13.1. The summed E-state index contributed by atoms with van der Waals surface area (Å²) in [5, 5.41) is 0. The van der Waals surface area contributed by atoms with Crippen LogP contribution in [0.4, 0.5) is 4.39 Å². The van der Waals surface area contributed by atoms with E-state index >= 15 is 0 Å². The maximum absolute atomic E-state index is 13.1. The zero-order valence-corrected chi connectivity index (χ0v) is 10.2. The van der Waals surface area contributed by atoms with Crippen LogP contribution in [0.2, 0.25) is 0 Å². The summed E-state index contributed by atoms with van der Waals surface area (Å²) < 4.78 is 13.1. The summed E-state index contributed by atoms with van der Waals surface area (Å²) in [6.45, 7) is 1.89. The van der Waals surface area contributed by atoms with E-state index in [2.05, 4.69) is 9.97 Å². The topological polar surface area (TPSA) is 25.8 Å². The van der Waals surface area contributed by atoms with Crippen LogP contribution in [0.1, 0.15) is 11.5 Å². The number of aromatic nitrogens is 2. The smallest absolute Gasteiger partial charge is 0.130 e. The van der Waals surface area contributed by atoms with Crippen LogP contribution in [-0.2, 0) is 6.42 Å². The first-order valence-corrected chi connectivity index (χ1v) is 5.89. The molecule has 1 aromatic heterocycles. The van der Waals surface area contributed by atoms with Crippen LogP contribution in [0.5, 0.6) is 0 Å². The van der Waals surface area contributed by atoms with Crippen molar-refractivity contribution in [2.45, 2.75) is 13.3 Å². The van der Waals surface area contributed by atoms with Gasteiger partial charge in [-0.3, -0.25) is 0 Å². The summed E-state index contributed by atoms with van der Waals surface area (Å²) in [4.78, 5) is 8.65. The highest BCUT2D eigenvalue weighted by Crippen LogP contribution is 2.18. The SMILES string of the molecule is Cc1cc(-c2cccc(F)c2)nc(CCCl)n1. The molecule has 0 amide bonds. The second-order valence-corrected chi connectivity index (χ2v) is 4.14. The van der Waals surface area contributed by atoms with Crippen molar-refractivity contribution in [1.29, 1.82) is 0 Å². The molecule has 0 atom stereocenters. The highest BCUT2D eigenvalue weighted by atomic mass is 35.5. The Morgan fingerprint density at radius 1 is 1.24 bits per heavy atom. The minimum absolute atomic E-state index is 0.266. The normalized spacial score (nSPS) is 10.5. The molecular formula is C13H12ClFN2. The Hall–Kier alpha value is -1.48. The van der Waals surface area contributed by atoms with Crippen LogP contribution in [-0.4, -0.2) is 15.8 Å². The Morgan fingerprint density at radius 2 is 2.06 bits per heavy atom. The Morgan fingerprint density at radius 3 is 2.76 bits per heavy atom. The number of rotatable bonds is 3. The number of nitrogens with zero attached hydrogens (tertiary/aromatic N) is 2. The first kappa shape index (κ1) is 12.0. The van der Waals surface area contributed by atoms with Crippen molar-refractivity contribution in [2.24, 2.45) is 0 Å². The Bertz CT molecular complexity index is 529. The van der Waals surface area contributed by atoms with E-state index in [9.17, 15) is 4.39 Å². The zero-order chi connectivity index (χ0) is 12.3. The molecule has 0 N–H and O–H groups in total. The van der Waals surface area contributed by atoms with Crippen molar-refractivity contribution in [1.82, 2.24) is 9.97 Å². The third-order valence-electron chi connectivity index (χ3n) is 2.34. The second-order valence-electron chi connectivity index (χ2n) is 3.76. The summed E-state index contributed by atoms with van der Waals surface area (Å²) in [5.74, 6) is 0.906. The van der Waals surface area contributed by atoms with Gasteiger partial charge in [-0.05, 0) is 25.1 Å². The fraction of sp³-hybridized carbons (Fsp3) is 0.231. The minimum Gasteiger partial charge on any atom is -0.238 e. The summed E-state index contributed by atoms with van der Waals surface area (Å²) in [6, 6.07) is 8.22. The van der Waals surface area contributed by atoms with Crippen molar-refractivity contribution in [2.75, 3.05) is 5.88 Å². The molecule has 0 fully saturated rings. The van der Waals surface area contributed by atoms with E-state index < -0.39 is 0 Å². The third-order valence-corrected chi connectivity index (χ3v) is 2.53. The molecule has 0 bridgehead atoms. The number of aryl methyl sites for hydroxylation is 2. The van der Waals surface area contributed by atoms with Gasteiger partial charge in [-0.2, -0.15) is 0 Å². The predicted molar refractivity (Wildman–Crippen MR) is 66.6 cm³/mol. The van der Waals surface area contributed by atoms with Crippen LogP contribution in [0.25, 0.3) is 11.3 Å². The zero-order valence-electron chi connectivity index (χ0n) is 9.45. The lowest BCUT2D eigenvalue weighted by atomic mass is 10.1. The van der Waals surface area contributed by atoms with Gasteiger partial charge in [-0.15, -0.1) is 11.6 Å². The second kappa shape index (κ2) is 5.23. The van der Waals surface area contributed by atoms with Crippen molar-refractivity contribution in [3.8, 4) is 11.3 Å². The van der Waals surface area contributed by atoms with Crippen molar-refractivity contribution in [3.63, 3.8) is 0 Å². The van der Waals surface area contributed by atoms with Gasteiger partial charge in [0.1, 0.15) is 11.6 Å². The molecule has 0 aliphatic rings. The molecule has 4 heteroatoms. The summed E-state index contributed by atoms with van der Waals surface area (Å²) in [7, 11) is 0. The number of hydrogen-bond acceptors (Lipinski definition) is 2. The Labute approximate surface area is 104 Å². The Balaban J connectivity index is 2.44. The molecule has 0 saturated carbocycles. The van der Waals surface area contributed by atoms with Gasteiger partial charge in [0.15, 0.2) is 0 Å². The summed E-state index contributed by atoms with van der Waals surface area (Å²) >= 11 is 5.67. The summed E-state index contributed by atoms with van der Waals surface area (Å²) in [6.07, 6.45) is 0.617. The quantitative estimate of drug-likeness (QED) is 0.781. The molecule has 2 nitrogen and oxygen atoms in total. The van der Waals surface area contributed by atoms with Gasteiger partial charge in [0, 0.05) is 23.6 Å². The molecule has 1 heterocycles. The average molecular weight is 251 g/mol. The largest absolute Gasteiger partial charge is 0.238 e. The molecule has 0 spiro atoms. The van der Waals surface area contributed by atoms with Crippen LogP contribution >= 0.6 is 11.6 Å². The van der Waals surface area contributed by atoms with Gasteiger partial charge in [0.05, 0.1) is 5.69 Å². The molecule has 2 rings (SSSR count). The van der Waals surface area contributed by atoms with Gasteiger partial charge in [0.2, 0.25) is 0 Å². The van der Waals surface area contributed by atoms with Crippen LogP contribution < -0.4 is 0 Å². The predicted octanol–water partition coefficient (Wildman–Crippen LogP) is 3.37. The van der Waals surface area contributed by atoms with E-state index in [1.807, 2.05) is 19.1 Å². The van der Waals surface area contributed by atoms with Crippen molar-refractivity contribution in [3.05, 3.63) is 47.7 Å². The van der Waals surface area contributed by atoms with E-state index in [0.29, 0.717) is 18.1 Å². The number of benzene rings is 1. The van der Waals surface area contributed by atoms with E-state index in [1.54, 1.807) is 6.07 Å². The van der Waals surface area contributed by atoms with Gasteiger partial charge in [-0.25, -0.2) is 14.4 Å². The molecular weight excluding hydrogens is 239 g/mol. The highest BCUT2D eigenvalue weighted by Gasteiger charge is 2.05.